The average Bonchev–Trinajstić information content (AvgIpc) is 3.31. The van der Waals surface area contributed by atoms with E-state index in [1.54, 1.807) is 7.11 Å². The van der Waals surface area contributed by atoms with E-state index < -0.39 is 11.9 Å². The molecule has 1 aliphatic carbocycles. The van der Waals surface area contributed by atoms with Crippen molar-refractivity contribution in [1.82, 2.24) is 5.32 Å². The first kappa shape index (κ1) is 23.5. The van der Waals surface area contributed by atoms with Gasteiger partial charge in [0.2, 0.25) is 6.79 Å². The first-order chi connectivity index (χ1) is 17.0. The maximum absolute atomic E-state index is 13.7. The van der Waals surface area contributed by atoms with Crippen molar-refractivity contribution in [2.45, 2.75) is 31.6 Å². The number of ether oxygens (including phenoxy) is 4. The lowest BCUT2D eigenvalue weighted by Crippen LogP contribution is -2.36. The van der Waals surface area contributed by atoms with E-state index in [-0.39, 0.29) is 31.7 Å². The Morgan fingerprint density at radius 2 is 1.91 bits per heavy atom. The molecule has 0 saturated carbocycles. The summed E-state index contributed by atoms with van der Waals surface area (Å²) in [5.74, 6) is 0.0716. The number of dihydropyridines is 1. The van der Waals surface area contributed by atoms with Crippen LogP contribution in [0, 0.1) is 0 Å². The van der Waals surface area contributed by atoms with E-state index in [9.17, 15) is 9.59 Å². The molecule has 3 aliphatic rings. The molecule has 1 N–H and O–H groups in total. The Morgan fingerprint density at radius 1 is 1.11 bits per heavy atom. The van der Waals surface area contributed by atoms with Crippen molar-refractivity contribution in [2.24, 2.45) is 0 Å². The number of hydrogen-bond donors (Lipinski definition) is 1. The van der Waals surface area contributed by atoms with Gasteiger partial charge in [-0.25, -0.2) is 4.79 Å². The number of allylic oxidation sites excluding steroid dienone is 3. The number of carbonyl (C=O) groups is 2. The van der Waals surface area contributed by atoms with Gasteiger partial charge < -0.3 is 24.3 Å². The highest BCUT2D eigenvalue weighted by Crippen LogP contribution is 2.48. The summed E-state index contributed by atoms with van der Waals surface area (Å²) in [5, 5.41) is 3.99. The van der Waals surface area contributed by atoms with Gasteiger partial charge in [0.05, 0.1) is 12.2 Å². The Kier molecular flexibility index (Phi) is 6.54. The zero-order valence-electron chi connectivity index (χ0n) is 19.6. The Hall–Kier alpha value is -3.29. The SMILES string of the molecule is COCCOC(=O)C1=C(C)NC2=C(C(=O)CC(c3ccccc3Cl)C2)C1c1ccc2c(c1)OCO2. The van der Waals surface area contributed by atoms with E-state index >= 15 is 0 Å². The van der Waals surface area contributed by atoms with Crippen LogP contribution in [-0.2, 0) is 19.1 Å². The molecule has 0 fully saturated rings. The summed E-state index contributed by atoms with van der Waals surface area (Å²) in [6, 6.07) is 13.1. The van der Waals surface area contributed by atoms with Gasteiger partial charge in [-0.1, -0.05) is 35.9 Å². The second-order valence-electron chi connectivity index (χ2n) is 8.78. The Labute approximate surface area is 208 Å². The van der Waals surface area contributed by atoms with Crippen LogP contribution < -0.4 is 14.8 Å². The third-order valence-electron chi connectivity index (χ3n) is 6.64. The van der Waals surface area contributed by atoms with Crippen LogP contribution in [0.4, 0.5) is 0 Å². The van der Waals surface area contributed by atoms with Gasteiger partial charge >= 0.3 is 5.97 Å². The Balaban J connectivity index is 1.57. The van der Waals surface area contributed by atoms with Gasteiger partial charge in [0.25, 0.3) is 0 Å². The molecule has 0 saturated heterocycles. The van der Waals surface area contributed by atoms with Crippen LogP contribution in [-0.4, -0.2) is 38.9 Å². The molecule has 2 atom stereocenters. The molecule has 5 rings (SSSR count). The van der Waals surface area contributed by atoms with E-state index in [2.05, 4.69) is 5.32 Å². The van der Waals surface area contributed by atoms with Crippen LogP contribution in [0.5, 0.6) is 11.5 Å². The van der Waals surface area contributed by atoms with Gasteiger partial charge in [-0.15, -0.1) is 0 Å². The molecular weight excluding hydrogens is 470 g/mol. The Morgan fingerprint density at radius 3 is 2.71 bits per heavy atom. The van der Waals surface area contributed by atoms with Crippen LogP contribution in [0.25, 0.3) is 0 Å². The smallest absolute Gasteiger partial charge is 0.336 e. The van der Waals surface area contributed by atoms with Crippen LogP contribution in [0.1, 0.15) is 42.7 Å². The summed E-state index contributed by atoms with van der Waals surface area (Å²) in [7, 11) is 1.54. The van der Waals surface area contributed by atoms with Crippen molar-refractivity contribution in [1.29, 1.82) is 0 Å². The minimum Gasteiger partial charge on any atom is -0.460 e. The third-order valence-corrected chi connectivity index (χ3v) is 6.99. The lowest BCUT2D eigenvalue weighted by molar-refractivity contribution is -0.140. The number of fused-ring (bicyclic) bond motifs is 1. The quantitative estimate of drug-likeness (QED) is 0.462. The van der Waals surface area contributed by atoms with E-state index in [0.29, 0.717) is 46.2 Å². The number of Topliss-reactive ketones (excluding diaryl/α,β-unsaturated/α-hetero) is 1. The van der Waals surface area contributed by atoms with Gasteiger partial charge in [-0.05, 0) is 48.6 Å². The molecule has 0 aromatic heterocycles. The zero-order valence-corrected chi connectivity index (χ0v) is 20.3. The first-order valence-electron chi connectivity index (χ1n) is 11.5. The minimum absolute atomic E-state index is 0.0268. The lowest BCUT2D eigenvalue weighted by Gasteiger charge is -2.37. The number of carbonyl (C=O) groups excluding carboxylic acids is 2. The van der Waals surface area contributed by atoms with Crippen molar-refractivity contribution in [2.75, 3.05) is 27.1 Å². The van der Waals surface area contributed by atoms with Crippen molar-refractivity contribution < 1.29 is 28.5 Å². The highest BCUT2D eigenvalue weighted by molar-refractivity contribution is 6.31. The molecule has 2 aromatic carbocycles. The van der Waals surface area contributed by atoms with Crippen LogP contribution in [0.3, 0.4) is 0 Å². The maximum Gasteiger partial charge on any atom is 0.336 e. The second-order valence-corrected chi connectivity index (χ2v) is 9.19. The van der Waals surface area contributed by atoms with Crippen molar-refractivity contribution in [3.8, 4) is 11.5 Å². The summed E-state index contributed by atoms with van der Waals surface area (Å²) in [4.78, 5) is 26.9. The van der Waals surface area contributed by atoms with Crippen molar-refractivity contribution in [3.63, 3.8) is 0 Å². The molecule has 0 amide bonds. The molecule has 182 valence electrons. The predicted octanol–water partition coefficient (Wildman–Crippen LogP) is 4.62. The first-order valence-corrected chi connectivity index (χ1v) is 11.9. The number of rotatable bonds is 6. The van der Waals surface area contributed by atoms with Gasteiger partial charge in [0, 0.05) is 41.4 Å². The molecule has 0 bridgehead atoms. The fraction of sp³-hybridized carbons (Fsp3) is 0.333. The number of methoxy groups -OCH3 is 1. The average molecular weight is 496 g/mol. The van der Waals surface area contributed by atoms with E-state index in [4.69, 9.17) is 30.5 Å². The van der Waals surface area contributed by atoms with Crippen LogP contribution >= 0.6 is 11.6 Å². The molecule has 7 nitrogen and oxygen atoms in total. The lowest BCUT2D eigenvalue weighted by atomic mass is 9.71. The van der Waals surface area contributed by atoms with Gasteiger partial charge in [0.1, 0.15) is 6.61 Å². The summed E-state index contributed by atoms with van der Waals surface area (Å²) in [6.07, 6.45) is 0.908. The monoisotopic (exact) mass is 495 g/mol. The summed E-state index contributed by atoms with van der Waals surface area (Å²) < 4.78 is 21.6. The fourth-order valence-corrected chi connectivity index (χ4v) is 5.35. The molecule has 2 aromatic rings. The molecule has 2 unspecified atom stereocenters. The zero-order chi connectivity index (χ0) is 24.5. The summed E-state index contributed by atoms with van der Waals surface area (Å²) >= 11 is 6.46. The summed E-state index contributed by atoms with van der Waals surface area (Å²) in [5.41, 5.74) is 4.16. The van der Waals surface area contributed by atoms with Gasteiger partial charge in [-0.2, -0.15) is 0 Å². The highest BCUT2D eigenvalue weighted by Gasteiger charge is 2.42. The van der Waals surface area contributed by atoms with Gasteiger partial charge in [0.15, 0.2) is 17.3 Å². The number of esters is 1. The number of hydrogen-bond acceptors (Lipinski definition) is 7. The summed E-state index contributed by atoms with van der Waals surface area (Å²) in [6.45, 7) is 2.37. The largest absolute Gasteiger partial charge is 0.460 e. The molecule has 0 radical (unpaired) electrons. The maximum atomic E-state index is 13.7. The number of benzene rings is 2. The van der Waals surface area contributed by atoms with Crippen LogP contribution in [0.2, 0.25) is 5.02 Å². The molecule has 2 aliphatic heterocycles. The fourth-order valence-electron chi connectivity index (χ4n) is 5.06. The topological polar surface area (TPSA) is 83.1 Å². The van der Waals surface area contributed by atoms with Crippen LogP contribution in [0.15, 0.2) is 65.0 Å². The van der Waals surface area contributed by atoms with Crippen molar-refractivity contribution in [3.05, 3.63) is 81.2 Å². The standard InChI is InChI=1S/C27H26ClNO6/c1-15-24(27(31)33-10-9-32-2)25(16-7-8-22-23(13-16)35-14-34-22)26-20(29-15)11-17(12-21(26)30)18-5-3-4-6-19(18)28/h3-8,13,17,25,29H,9-12,14H2,1-2H3. The minimum atomic E-state index is -0.588. The van der Waals surface area contributed by atoms with Gasteiger partial charge in [-0.3, -0.25) is 4.79 Å². The molecule has 2 heterocycles. The number of nitrogens with one attached hydrogen (secondary N) is 1. The Bertz CT molecular complexity index is 1250. The van der Waals surface area contributed by atoms with E-state index in [1.165, 1.54) is 0 Å². The molecule has 0 spiro atoms. The molecular formula is C27H26ClNO6. The van der Waals surface area contributed by atoms with E-state index in [0.717, 1.165) is 16.8 Å². The highest BCUT2D eigenvalue weighted by atomic mass is 35.5. The molecule has 35 heavy (non-hydrogen) atoms. The van der Waals surface area contributed by atoms with E-state index in [1.807, 2.05) is 49.4 Å². The van der Waals surface area contributed by atoms with Crippen molar-refractivity contribution >= 4 is 23.4 Å². The predicted molar refractivity (Wildman–Crippen MR) is 129 cm³/mol. The third kappa shape index (κ3) is 4.42. The number of halogens is 1. The normalized spacial score (nSPS) is 21.1. The second kappa shape index (κ2) is 9.76. The number of ketones is 1. The molecule has 8 heteroatoms.